The van der Waals surface area contributed by atoms with Crippen LogP contribution in [-0.4, -0.2) is 20.1 Å². The fourth-order valence-corrected chi connectivity index (χ4v) is 4.33. The second-order valence-corrected chi connectivity index (χ2v) is 8.52. The zero-order chi connectivity index (χ0) is 22.1. The molecule has 0 aliphatic heterocycles. The van der Waals surface area contributed by atoms with E-state index < -0.39 is 0 Å². The summed E-state index contributed by atoms with van der Waals surface area (Å²) in [5.41, 5.74) is 6.70. The first kappa shape index (κ1) is 20.2. The summed E-state index contributed by atoms with van der Waals surface area (Å²) in [6, 6.07) is 15.5. The van der Waals surface area contributed by atoms with Crippen molar-refractivity contribution in [2.75, 3.05) is 0 Å². The minimum atomic E-state index is -0.110. The van der Waals surface area contributed by atoms with Gasteiger partial charge in [0.25, 0.3) is 11.5 Å². The Morgan fingerprint density at radius 1 is 0.969 bits per heavy atom. The van der Waals surface area contributed by atoms with E-state index in [0.717, 1.165) is 48.1 Å². The number of aryl methyl sites for hydroxylation is 3. The second kappa shape index (κ2) is 8.46. The van der Waals surface area contributed by atoms with Gasteiger partial charge in [0.2, 0.25) is 0 Å². The lowest BCUT2D eigenvalue weighted by Gasteiger charge is -2.10. The third-order valence-electron chi connectivity index (χ3n) is 6.18. The van der Waals surface area contributed by atoms with Crippen molar-refractivity contribution in [3.63, 3.8) is 0 Å². The molecule has 0 radical (unpaired) electrons. The van der Waals surface area contributed by atoms with Gasteiger partial charge in [-0.3, -0.25) is 9.59 Å². The molecule has 6 heteroatoms. The van der Waals surface area contributed by atoms with Gasteiger partial charge in [-0.15, -0.1) is 0 Å². The minimum Gasteiger partial charge on any atom is -0.348 e. The Morgan fingerprint density at radius 3 is 2.47 bits per heavy atom. The van der Waals surface area contributed by atoms with Gasteiger partial charge in [0.1, 0.15) is 5.52 Å². The third kappa shape index (κ3) is 3.96. The van der Waals surface area contributed by atoms with Crippen molar-refractivity contribution in [2.24, 2.45) is 0 Å². The van der Waals surface area contributed by atoms with E-state index in [1.807, 2.05) is 61.7 Å². The normalized spacial score (nSPS) is 13.2. The van der Waals surface area contributed by atoms with Gasteiger partial charge >= 0.3 is 0 Å². The molecule has 1 amide bonds. The van der Waals surface area contributed by atoms with E-state index in [-0.39, 0.29) is 11.5 Å². The van der Waals surface area contributed by atoms with E-state index in [9.17, 15) is 9.59 Å². The minimum absolute atomic E-state index is 0.0110. The zero-order valence-corrected chi connectivity index (χ0v) is 18.2. The molecule has 0 saturated heterocycles. The Labute approximate surface area is 186 Å². The van der Waals surface area contributed by atoms with E-state index in [0.29, 0.717) is 24.2 Å². The summed E-state index contributed by atoms with van der Waals surface area (Å²) in [5, 5.41) is 7.55. The van der Waals surface area contributed by atoms with Crippen LogP contribution in [0.4, 0.5) is 0 Å². The first-order valence-corrected chi connectivity index (χ1v) is 11.1. The van der Waals surface area contributed by atoms with Gasteiger partial charge in [0, 0.05) is 30.1 Å². The lowest BCUT2D eigenvalue weighted by Crippen LogP contribution is -2.23. The van der Waals surface area contributed by atoms with Crippen molar-refractivity contribution in [1.82, 2.24) is 19.5 Å². The quantitative estimate of drug-likeness (QED) is 0.530. The Hall–Kier alpha value is -3.67. The standard InChI is InChI=1S/C26H26N4O2/c1-18-6-8-19(9-7-18)16-27-25(31)21-12-10-20(11-13-21)17-29-14-15-30-24(26(29)32)22-4-2-3-5-23(22)28-30/h6-15H,2-5,16-17H2,1H3,(H,27,31). The Balaban J connectivity index is 1.30. The van der Waals surface area contributed by atoms with Gasteiger partial charge < -0.3 is 9.88 Å². The number of nitrogens with one attached hydrogen (secondary N) is 1. The second-order valence-electron chi connectivity index (χ2n) is 8.52. The molecule has 0 bridgehead atoms. The molecular weight excluding hydrogens is 400 g/mol. The van der Waals surface area contributed by atoms with Gasteiger partial charge in [0.05, 0.1) is 12.2 Å². The van der Waals surface area contributed by atoms with Crippen LogP contribution in [0.5, 0.6) is 0 Å². The van der Waals surface area contributed by atoms with Gasteiger partial charge in [-0.25, -0.2) is 4.52 Å². The van der Waals surface area contributed by atoms with Crippen LogP contribution in [0, 0.1) is 6.92 Å². The van der Waals surface area contributed by atoms with Crippen molar-refractivity contribution in [3.05, 3.63) is 105 Å². The molecule has 4 aromatic rings. The number of hydrogen-bond acceptors (Lipinski definition) is 3. The maximum atomic E-state index is 13.1. The summed E-state index contributed by atoms with van der Waals surface area (Å²) in [5.74, 6) is -0.110. The first-order chi connectivity index (χ1) is 15.6. The molecule has 6 nitrogen and oxygen atoms in total. The molecule has 0 atom stereocenters. The summed E-state index contributed by atoms with van der Waals surface area (Å²) in [4.78, 5) is 25.6. The molecule has 1 N–H and O–H groups in total. The van der Waals surface area contributed by atoms with Crippen molar-refractivity contribution in [2.45, 2.75) is 45.7 Å². The number of amides is 1. The highest BCUT2D eigenvalue weighted by Gasteiger charge is 2.19. The van der Waals surface area contributed by atoms with Gasteiger partial charge in [-0.2, -0.15) is 5.10 Å². The maximum absolute atomic E-state index is 13.1. The molecule has 2 aromatic carbocycles. The molecule has 2 aromatic heterocycles. The number of rotatable bonds is 5. The van der Waals surface area contributed by atoms with E-state index >= 15 is 0 Å². The van der Waals surface area contributed by atoms with Gasteiger partial charge in [-0.1, -0.05) is 42.0 Å². The van der Waals surface area contributed by atoms with Crippen LogP contribution in [0.3, 0.4) is 0 Å². The molecule has 1 aliphatic rings. The lowest BCUT2D eigenvalue weighted by molar-refractivity contribution is 0.0951. The van der Waals surface area contributed by atoms with E-state index in [4.69, 9.17) is 0 Å². The smallest absolute Gasteiger partial charge is 0.277 e. The number of aromatic nitrogens is 3. The van der Waals surface area contributed by atoms with Crippen molar-refractivity contribution < 1.29 is 4.79 Å². The van der Waals surface area contributed by atoms with Gasteiger partial charge in [0.15, 0.2) is 0 Å². The number of hydrogen-bond donors (Lipinski definition) is 1. The van der Waals surface area contributed by atoms with Crippen LogP contribution in [0.1, 0.15) is 51.1 Å². The molecule has 1 aliphatic carbocycles. The topological polar surface area (TPSA) is 68.4 Å². The Bertz CT molecular complexity index is 1330. The Kier molecular flexibility index (Phi) is 5.35. The molecule has 0 unspecified atom stereocenters. The summed E-state index contributed by atoms with van der Waals surface area (Å²) < 4.78 is 3.45. The molecule has 2 heterocycles. The van der Waals surface area contributed by atoms with Crippen LogP contribution in [0.25, 0.3) is 5.52 Å². The average molecular weight is 427 g/mol. The summed E-state index contributed by atoms with van der Waals surface area (Å²) in [6.45, 7) is 2.99. The summed E-state index contributed by atoms with van der Waals surface area (Å²) in [6.07, 6.45) is 7.76. The Morgan fingerprint density at radius 2 is 1.69 bits per heavy atom. The van der Waals surface area contributed by atoms with Crippen LogP contribution >= 0.6 is 0 Å². The highest BCUT2D eigenvalue weighted by Crippen LogP contribution is 2.22. The van der Waals surface area contributed by atoms with E-state index in [1.165, 1.54) is 5.56 Å². The molecular formula is C26H26N4O2. The fourth-order valence-electron chi connectivity index (χ4n) is 4.33. The number of carbonyl (C=O) groups excluding carboxylic acids is 1. The molecule has 32 heavy (non-hydrogen) atoms. The zero-order valence-electron chi connectivity index (χ0n) is 18.2. The maximum Gasteiger partial charge on any atom is 0.277 e. The SMILES string of the molecule is Cc1ccc(CNC(=O)c2ccc(Cn3ccn4nc5c(c4c3=O)CCCC5)cc2)cc1. The monoisotopic (exact) mass is 426 g/mol. The molecule has 0 spiro atoms. The molecule has 0 saturated carbocycles. The molecule has 162 valence electrons. The fraction of sp³-hybridized carbons (Fsp3) is 0.269. The van der Waals surface area contributed by atoms with E-state index in [2.05, 4.69) is 10.4 Å². The first-order valence-electron chi connectivity index (χ1n) is 11.1. The number of fused-ring (bicyclic) bond motifs is 3. The van der Waals surface area contributed by atoms with Crippen molar-refractivity contribution >= 4 is 11.4 Å². The van der Waals surface area contributed by atoms with Crippen LogP contribution in [-0.2, 0) is 25.9 Å². The number of benzene rings is 2. The third-order valence-corrected chi connectivity index (χ3v) is 6.18. The predicted octanol–water partition coefficient (Wildman–Crippen LogP) is 3.66. The average Bonchev–Trinajstić information content (AvgIpc) is 3.20. The highest BCUT2D eigenvalue weighted by molar-refractivity contribution is 5.94. The highest BCUT2D eigenvalue weighted by atomic mass is 16.1. The largest absolute Gasteiger partial charge is 0.348 e. The summed E-state index contributed by atoms with van der Waals surface area (Å²) >= 11 is 0. The number of carbonyl (C=O) groups is 1. The van der Waals surface area contributed by atoms with Crippen LogP contribution < -0.4 is 10.9 Å². The molecule has 5 rings (SSSR count). The molecule has 0 fully saturated rings. The van der Waals surface area contributed by atoms with E-state index in [1.54, 1.807) is 15.3 Å². The van der Waals surface area contributed by atoms with Gasteiger partial charge in [-0.05, 0) is 55.9 Å². The van der Waals surface area contributed by atoms with Crippen molar-refractivity contribution in [3.8, 4) is 0 Å². The number of nitrogens with zero attached hydrogens (tertiary/aromatic N) is 3. The van der Waals surface area contributed by atoms with Crippen LogP contribution in [0.15, 0.2) is 65.7 Å². The predicted molar refractivity (Wildman–Crippen MR) is 124 cm³/mol. The van der Waals surface area contributed by atoms with Crippen LogP contribution in [0.2, 0.25) is 0 Å². The summed E-state index contributed by atoms with van der Waals surface area (Å²) in [7, 11) is 0. The van der Waals surface area contributed by atoms with Crippen molar-refractivity contribution in [1.29, 1.82) is 0 Å². The lowest BCUT2D eigenvalue weighted by atomic mass is 9.97.